The zero-order chi connectivity index (χ0) is 17.4. The maximum atomic E-state index is 13.8. The normalized spacial score (nSPS) is 17.9. The van der Waals surface area contributed by atoms with Gasteiger partial charge in [0, 0.05) is 37.3 Å². The molecule has 2 heterocycles. The molecule has 25 heavy (non-hydrogen) atoms. The van der Waals surface area contributed by atoms with Crippen LogP contribution in [0.1, 0.15) is 30.1 Å². The Morgan fingerprint density at radius 3 is 2.76 bits per heavy atom. The van der Waals surface area contributed by atoms with E-state index in [0.29, 0.717) is 19.0 Å². The van der Waals surface area contributed by atoms with Gasteiger partial charge in [-0.25, -0.2) is 18.7 Å². The summed E-state index contributed by atoms with van der Waals surface area (Å²) in [5.74, 6) is 0.919. The van der Waals surface area contributed by atoms with E-state index in [0.717, 1.165) is 42.7 Å². The molecule has 1 aliphatic carbocycles. The van der Waals surface area contributed by atoms with Gasteiger partial charge in [0.1, 0.15) is 23.3 Å². The van der Waals surface area contributed by atoms with Gasteiger partial charge in [-0.15, -0.1) is 0 Å². The van der Waals surface area contributed by atoms with Crippen LogP contribution < -0.4 is 4.90 Å². The van der Waals surface area contributed by atoms with Crippen molar-refractivity contribution in [3.8, 4) is 0 Å². The minimum absolute atomic E-state index is 0.0768. The number of carbonyl (C=O) groups excluding carboxylic acids is 1. The van der Waals surface area contributed by atoms with Crippen LogP contribution >= 0.6 is 0 Å². The molecule has 7 heteroatoms. The molecule has 5 nitrogen and oxygen atoms in total. The lowest BCUT2D eigenvalue weighted by atomic mass is 10.1. The lowest BCUT2D eigenvalue weighted by Gasteiger charge is -2.35. The number of anilines is 1. The Labute approximate surface area is 144 Å². The standard InChI is InChI=1S/C18H18F2N4O/c19-14-3-4-15(20)13(9-14)10-24-8-7-23(11-17(24)25)16-5-6-21-18(22-16)12-1-2-12/h3-6,9,12H,1-2,7-8,10-11H2. The summed E-state index contributed by atoms with van der Waals surface area (Å²) < 4.78 is 27.1. The van der Waals surface area contributed by atoms with E-state index in [-0.39, 0.29) is 24.6 Å². The van der Waals surface area contributed by atoms with E-state index in [1.807, 2.05) is 4.90 Å². The van der Waals surface area contributed by atoms with Crippen molar-refractivity contribution in [1.29, 1.82) is 0 Å². The summed E-state index contributed by atoms with van der Waals surface area (Å²) in [6, 6.07) is 5.11. The highest BCUT2D eigenvalue weighted by molar-refractivity contribution is 5.82. The van der Waals surface area contributed by atoms with Crippen LogP contribution in [0.5, 0.6) is 0 Å². The summed E-state index contributed by atoms with van der Waals surface area (Å²) in [4.78, 5) is 24.8. The first-order valence-electron chi connectivity index (χ1n) is 8.40. The molecule has 1 amide bonds. The molecule has 0 atom stereocenters. The van der Waals surface area contributed by atoms with Crippen molar-refractivity contribution in [3.63, 3.8) is 0 Å². The smallest absolute Gasteiger partial charge is 0.242 e. The van der Waals surface area contributed by atoms with Crippen molar-refractivity contribution in [2.75, 3.05) is 24.5 Å². The molecular formula is C18H18F2N4O. The number of halogens is 2. The van der Waals surface area contributed by atoms with Crippen molar-refractivity contribution in [2.24, 2.45) is 0 Å². The summed E-state index contributed by atoms with van der Waals surface area (Å²) in [6.45, 7) is 1.30. The lowest BCUT2D eigenvalue weighted by molar-refractivity contribution is -0.131. The van der Waals surface area contributed by atoms with Gasteiger partial charge in [0.05, 0.1) is 6.54 Å². The Hall–Kier alpha value is -2.57. The fourth-order valence-electron chi connectivity index (χ4n) is 3.02. The Morgan fingerprint density at radius 1 is 1.16 bits per heavy atom. The van der Waals surface area contributed by atoms with Gasteiger partial charge in [0.15, 0.2) is 0 Å². The van der Waals surface area contributed by atoms with Crippen LogP contribution in [0.15, 0.2) is 30.5 Å². The van der Waals surface area contributed by atoms with Crippen molar-refractivity contribution in [2.45, 2.75) is 25.3 Å². The average Bonchev–Trinajstić information content (AvgIpc) is 3.45. The second-order valence-electron chi connectivity index (χ2n) is 6.52. The van der Waals surface area contributed by atoms with Gasteiger partial charge in [-0.2, -0.15) is 0 Å². The molecule has 1 aromatic carbocycles. The summed E-state index contributed by atoms with van der Waals surface area (Å²) in [6.07, 6.45) is 3.97. The van der Waals surface area contributed by atoms with Crippen LogP contribution in [0.25, 0.3) is 0 Å². The van der Waals surface area contributed by atoms with Gasteiger partial charge in [-0.05, 0) is 37.1 Å². The molecule has 1 saturated carbocycles. The van der Waals surface area contributed by atoms with Crippen LogP contribution in [0.2, 0.25) is 0 Å². The Kier molecular flexibility index (Phi) is 4.07. The Bertz CT molecular complexity index is 809. The highest BCUT2D eigenvalue weighted by Crippen LogP contribution is 2.38. The van der Waals surface area contributed by atoms with E-state index in [2.05, 4.69) is 9.97 Å². The van der Waals surface area contributed by atoms with Crippen LogP contribution in [0.3, 0.4) is 0 Å². The van der Waals surface area contributed by atoms with Crippen molar-refractivity contribution in [1.82, 2.24) is 14.9 Å². The quantitative estimate of drug-likeness (QED) is 0.855. The predicted octanol–water partition coefficient (Wildman–Crippen LogP) is 2.48. The predicted molar refractivity (Wildman–Crippen MR) is 88.0 cm³/mol. The zero-order valence-corrected chi connectivity index (χ0v) is 13.7. The van der Waals surface area contributed by atoms with Crippen LogP contribution in [-0.2, 0) is 11.3 Å². The van der Waals surface area contributed by atoms with E-state index in [9.17, 15) is 13.6 Å². The first-order chi connectivity index (χ1) is 12.1. The maximum Gasteiger partial charge on any atom is 0.242 e. The van der Waals surface area contributed by atoms with Gasteiger partial charge in [-0.3, -0.25) is 4.79 Å². The number of benzene rings is 1. The number of nitrogens with zero attached hydrogens (tertiary/aromatic N) is 4. The van der Waals surface area contributed by atoms with Gasteiger partial charge in [-0.1, -0.05) is 0 Å². The number of piperazine rings is 1. The van der Waals surface area contributed by atoms with Crippen LogP contribution in [0, 0.1) is 11.6 Å². The van der Waals surface area contributed by atoms with Crippen molar-refractivity contribution in [3.05, 3.63) is 53.5 Å². The Morgan fingerprint density at radius 2 is 2.00 bits per heavy atom. The molecule has 130 valence electrons. The molecule has 0 unspecified atom stereocenters. The fraction of sp³-hybridized carbons (Fsp3) is 0.389. The first kappa shape index (κ1) is 15.9. The summed E-state index contributed by atoms with van der Waals surface area (Å²) in [5, 5.41) is 0. The minimum atomic E-state index is -0.504. The van der Waals surface area contributed by atoms with E-state index in [4.69, 9.17) is 0 Å². The van der Waals surface area contributed by atoms with Crippen LogP contribution in [-0.4, -0.2) is 40.4 Å². The van der Waals surface area contributed by atoms with E-state index in [1.165, 1.54) is 0 Å². The molecule has 4 rings (SSSR count). The first-order valence-corrected chi connectivity index (χ1v) is 8.40. The van der Waals surface area contributed by atoms with E-state index >= 15 is 0 Å². The fourth-order valence-corrected chi connectivity index (χ4v) is 3.02. The molecule has 2 aliphatic rings. The van der Waals surface area contributed by atoms with Gasteiger partial charge >= 0.3 is 0 Å². The van der Waals surface area contributed by atoms with Crippen molar-refractivity contribution < 1.29 is 13.6 Å². The lowest BCUT2D eigenvalue weighted by Crippen LogP contribution is -2.50. The maximum absolute atomic E-state index is 13.8. The molecule has 1 saturated heterocycles. The number of hydrogen-bond acceptors (Lipinski definition) is 4. The molecule has 1 aromatic heterocycles. The van der Waals surface area contributed by atoms with Crippen LogP contribution in [0.4, 0.5) is 14.6 Å². The average molecular weight is 344 g/mol. The highest BCUT2D eigenvalue weighted by Gasteiger charge is 2.29. The van der Waals surface area contributed by atoms with Gasteiger partial charge < -0.3 is 9.80 Å². The molecular weight excluding hydrogens is 326 g/mol. The number of hydrogen-bond donors (Lipinski definition) is 0. The number of rotatable bonds is 4. The molecule has 2 fully saturated rings. The largest absolute Gasteiger partial charge is 0.345 e. The van der Waals surface area contributed by atoms with Crippen molar-refractivity contribution >= 4 is 11.7 Å². The molecule has 1 aliphatic heterocycles. The monoisotopic (exact) mass is 344 g/mol. The summed E-state index contributed by atoms with van der Waals surface area (Å²) >= 11 is 0. The molecule has 0 N–H and O–H groups in total. The molecule has 2 aromatic rings. The third-order valence-corrected chi connectivity index (χ3v) is 4.61. The Balaban J connectivity index is 1.44. The van der Waals surface area contributed by atoms with Gasteiger partial charge in [0.2, 0.25) is 5.91 Å². The second-order valence-corrected chi connectivity index (χ2v) is 6.52. The number of carbonyl (C=O) groups is 1. The van der Waals surface area contributed by atoms with Gasteiger partial charge in [0.25, 0.3) is 0 Å². The number of amides is 1. The van der Waals surface area contributed by atoms with E-state index < -0.39 is 11.6 Å². The third kappa shape index (κ3) is 3.45. The summed E-state index contributed by atoms with van der Waals surface area (Å²) in [7, 11) is 0. The molecule has 0 bridgehead atoms. The highest BCUT2D eigenvalue weighted by atomic mass is 19.1. The minimum Gasteiger partial charge on any atom is -0.345 e. The molecule has 0 spiro atoms. The number of aromatic nitrogens is 2. The molecule has 0 radical (unpaired) electrons. The summed E-state index contributed by atoms with van der Waals surface area (Å²) in [5.41, 5.74) is 0.194. The SMILES string of the molecule is O=C1CN(c2ccnc(C3CC3)n2)CCN1Cc1cc(F)ccc1F. The third-order valence-electron chi connectivity index (χ3n) is 4.61. The van der Waals surface area contributed by atoms with E-state index in [1.54, 1.807) is 17.2 Å². The second kappa shape index (κ2) is 6.38. The topological polar surface area (TPSA) is 49.3 Å². The zero-order valence-electron chi connectivity index (χ0n) is 13.7.